The van der Waals surface area contributed by atoms with Gasteiger partial charge in [0, 0.05) is 11.6 Å². The minimum absolute atomic E-state index is 0.0471. The van der Waals surface area contributed by atoms with Crippen LogP contribution in [0.1, 0.15) is 18.1 Å². The molecule has 0 radical (unpaired) electrons. The number of hydrogen-bond donors (Lipinski definition) is 1. The summed E-state index contributed by atoms with van der Waals surface area (Å²) in [7, 11) is -4.13. The van der Waals surface area contributed by atoms with Crippen LogP contribution in [0.3, 0.4) is 0 Å². The smallest absolute Gasteiger partial charge is 0.387 e. The summed E-state index contributed by atoms with van der Waals surface area (Å²) in [4.78, 5) is 12.0. The quantitative estimate of drug-likeness (QED) is 0.437. The zero-order valence-electron chi connectivity index (χ0n) is 14.2. The van der Waals surface area contributed by atoms with E-state index in [1.165, 1.54) is 50.2 Å². The first kappa shape index (κ1) is 20.2. The SMILES string of the molecule is C/C(=N\NS(=O)(=O)c1ccc(C)c([N+](=O)[O-])c1)c1ccc(OC(F)F)cc1. The maximum absolute atomic E-state index is 12.3. The number of sulfonamides is 1. The van der Waals surface area contributed by atoms with Gasteiger partial charge in [-0.25, -0.2) is 0 Å². The van der Waals surface area contributed by atoms with E-state index >= 15 is 0 Å². The summed E-state index contributed by atoms with van der Waals surface area (Å²) in [6.07, 6.45) is 0. The first-order valence-electron chi connectivity index (χ1n) is 7.46. The fourth-order valence-electron chi connectivity index (χ4n) is 2.08. The van der Waals surface area contributed by atoms with Crippen LogP contribution in [0.25, 0.3) is 0 Å². The molecule has 0 saturated carbocycles. The Morgan fingerprint density at radius 2 is 1.85 bits per heavy atom. The van der Waals surface area contributed by atoms with E-state index in [9.17, 15) is 27.3 Å². The van der Waals surface area contributed by atoms with Gasteiger partial charge in [-0.15, -0.1) is 0 Å². The van der Waals surface area contributed by atoms with Crippen molar-refractivity contribution in [2.45, 2.75) is 25.4 Å². The maximum Gasteiger partial charge on any atom is 0.387 e. The van der Waals surface area contributed by atoms with Gasteiger partial charge in [0.05, 0.1) is 15.5 Å². The van der Waals surface area contributed by atoms with Crippen molar-refractivity contribution in [2.24, 2.45) is 5.10 Å². The van der Waals surface area contributed by atoms with Gasteiger partial charge in [-0.1, -0.05) is 6.07 Å². The van der Waals surface area contributed by atoms with Gasteiger partial charge >= 0.3 is 6.61 Å². The van der Waals surface area contributed by atoms with Crippen LogP contribution < -0.4 is 9.57 Å². The fourth-order valence-corrected chi connectivity index (χ4v) is 2.95. The van der Waals surface area contributed by atoms with Gasteiger partial charge in [-0.2, -0.15) is 27.1 Å². The Hall–Kier alpha value is -3.08. The maximum atomic E-state index is 12.3. The molecule has 11 heteroatoms. The monoisotopic (exact) mass is 399 g/mol. The minimum atomic E-state index is -4.13. The molecule has 0 atom stereocenters. The molecule has 0 saturated heterocycles. The third-order valence-electron chi connectivity index (χ3n) is 3.52. The van der Waals surface area contributed by atoms with E-state index in [2.05, 4.69) is 9.84 Å². The molecule has 2 aromatic carbocycles. The van der Waals surface area contributed by atoms with Gasteiger partial charge in [0.15, 0.2) is 0 Å². The van der Waals surface area contributed by atoms with Crippen molar-refractivity contribution >= 4 is 21.4 Å². The van der Waals surface area contributed by atoms with Crippen molar-refractivity contribution in [2.75, 3.05) is 0 Å². The van der Waals surface area contributed by atoms with Crippen LogP contribution in [0.4, 0.5) is 14.5 Å². The number of hydrazone groups is 1. The van der Waals surface area contributed by atoms with E-state index in [-0.39, 0.29) is 22.0 Å². The number of benzene rings is 2. The Morgan fingerprint density at radius 1 is 1.22 bits per heavy atom. The van der Waals surface area contributed by atoms with E-state index in [1.807, 2.05) is 4.83 Å². The molecule has 0 fully saturated rings. The Labute approximate surface area is 153 Å². The molecule has 0 spiro atoms. The molecule has 0 aliphatic heterocycles. The molecule has 2 rings (SSSR count). The van der Waals surface area contributed by atoms with Crippen molar-refractivity contribution in [3.8, 4) is 5.75 Å². The molecule has 0 aromatic heterocycles. The number of ether oxygens (including phenoxy) is 1. The molecular weight excluding hydrogens is 384 g/mol. The van der Waals surface area contributed by atoms with E-state index in [1.54, 1.807) is 0 Å². The molecule has 0 heterocycles. The molecule has 0 aliphatic rings. The molecule has 27 heavy (non-hydrogen) atoms. The summed E-state index contributed by atoms with van der Waals surface area (Å²) < 4.78 is 53.1. The highest BCUT2D eigenvalue weighted by molar-refractivity contribution is 7.89. The van der Waals surface area contributed by atoms with Gasteiger partial charge in [-0.3, -0.25) is 10.1 Å². The highest BCUT2D eigenvalue weighted by Gasteiger charge is 2.19. The fraction of sp³-hybridized carbons (Fsp3) is 0.188. The number of halogens is 2. The van der Waals surface area contributed by atoms with Crippen molar-refractivity contribution in [1.29, 1.82) is 0 Å². The number of aryl methyl sites for hydroxylation is 1. The minimum Gasteiger partial charge on any atom is -0.435 e. The third kappa shape index (κ3) is 5.20. The summed E-state index contributed by atoms with van der Waals surface area (Å²) in [6.45, 7) is 0.0466. The molecule has 0 unspecified atom stereocenters. The molecule has 2 aromatic rings. The molecule has 0 amide bonds. The number of nitro benzene ring substituents is 1. The third-order valence-corrected chi connectivity index (χ3v) is 4.72. The molecule has 8 nitrogen and oxygen atoms in total. The van der Waals surface area contributed by atoms with E-state index in [4.69, 9.17) is 0 Å². The van der Waals surface area contributed by atoms with Crippen molar-refractivity contribution in [3.63, 3.8) is 0 Å². The lowest BCUT2D eigenvalue weighted by Crippen LogP contribution is -2.20. The number of alkyl halides is 2. The summed E-state index contributed by atoms with van der Waals surface area (Å²) in [6, 6.07) is 8.94. The van der Waals surface area contributed by atoms with Crippen LogP contribution in [0, 0.1) is 17.0 Å². The average molecular weight is 399 g/mol. The molecule has 1 N–H and O–H groups in total. The Kier molecular flexibility index (Phi) is 6.05. The number of nitrogens with one attached hydrogen (secondary N) is 1. The summed E-state index contributed by atoms with van der Waals surface area (Å²) in [5.41, 5.74) is 0.718. The van der Waals surface area contributed by atoms with Crippen LogP contribution in [0.5, 0.6) is 5.75 Å². The summed E-state index contributed by atoms with van der Waals surface area (Å²) in [5, 5.41) is 14.7. The van der Waals surface area contributed by atoms with Crippen LogP contribution in [0.15, 0.2) is 52.5 Å². The molecule has 0 bridgehead atoms. The topological polar surface area (TPSA) is 111 Å². The lowest BCUT2D eigenvalue weighted by Gasteiger charge is -2.07. The highest BCUT2D eigenvalue weighted by Crippen LogP contribution is 2.22. The zero-order chi connectivity index (χ0) is 20.2. The normalized spacial score (nSPS) is 12.1. The van der Waals surface area contributed by atoms with Crippen LogP contribution in [0.2, 0.25) is 0 Å². The standard InChI is InChI=1S/C16H15F2N3O5S/c1-10-3-8-14(9-15(10)21(22)23)27(24,25)20-19-11(2)12-4-6-13(7-5-12)26-16(17)18/h3-9,16,20H,1-2H3/b19-11+. The Bertz CT molecular complexity index is 976. The largest absolute Gasteiger partial charge is 0.435 e. The van der Waals surface area contributed by atoms with Crippen molar-refractivity contribution < 1.29 is 26.9 Å². The number of hydrogen-bond acceptors (Lipinski definition) is 6. The van der Waals surface area contributed by atoms with Gasteiger partial charge in [0.2, 0.25) is 0 Å². The first-order valence-corrected chi connectivity index (χ1v) is 8.95. The van der Waals surface area contributed by atoms with Crippen molar-refractivity contribution in [3.05, 3.63) is 63.7 Å². The second kappa shape index (κ2) is 8.08. The van der Waals surface area contributed by atoms with E-state index in [0.717, 1.165) is 6.07 Å². The molecule has 144 valence electrons. The zero-order valence-corrected chi connectivity index (χ0v) is 15.0. The number of rotatable bonds is 7. The summed E-state index contributed by atoms with van der Waals surface area (Å²) in [5.74, 6) is -0.0471. The van der Waals surface area contributed by atoms with Gasteiger partial charge in [0.25, 0.3) is 15.7 Å². The van der Waals surface area contributed by atoms with Crippen LogP contribution in [-0.4, -0.2) is 25.7 Å². The van der Waals surface area contributed by atoms with Gasteiger partial charge in [-0.05, 0) is 49.7 Å². The lowest BCUT2D eigenvalue weighted by molar-refractivity contribution is -0.385. The average Bonchev–Trinajstić information content (AvgIpc) is 2.60. The van der Waals surface area contributed by atoms with Crippen molar-refractivity contribution in [1.82, 2.24) is 4.83 Å². The highest BCUT2D eigenvalue weighted by atomic mass is 32.2. The second-order valence-corrected chi connectivity index (χ2v) is 7.06. The van der Waals surface area contributed by atoms with Crippen LogP contribution in [-0.2, 0) is 10.0 Å². The van der Waals surface area contributed by atoms with Gasteiger partial charge < -0.3 is 4.74 Å². The first-order chi connectivity index (χ1) is 12.6. The lowest BCUT2D eigenvalue weighted by atomic mass is 10.1. The predicted molar refractivity (Wildman–Crippen MR) is 93.4 cm³/mol. The van der Waals surface area contributed by atoms with E-state index in [0.29, 0.717) is 11.1 Å². The Morgan fingerprint density at radius 3 is 2.41 bits per heavy atom. The van der Waals surface area contributed by atoms with Crippen LogP contribution >= 0.6 is 0 Å². The summed E-state index contributed by atoms with van der Waals surface area (Å²) >= 11 is 0. The number of nitrogens with zero attached hydrogens (tertiary/aromatic N) is 2. The second-order valence-electron chi connectivity index (χ2n) is 5.40. The molecular formula is C16H15F2N3O5S. The predicted octanol–water partition coefficient (Wildman–Crippen LogP) is 3.21. The number of nitro groups is 1. The Balaban J connectivity index is 2.20. The van der Waals surface area contributed by atoms with E-state index < -0.39 is 21.6 Å². The molecule has 0 aliphatic carbocycles. The van der Waals surface area contributed by atoms with Gasteiger partial charge in [0.1, 0.15) is 5.75 Å².